The van der Waals surface area contributed by atoms with Crippen molar-refractivity contribution in [3.05, 3.63) is 71.9 Å². The van der Waals surface area contributed by atoms with Crippen LogP contribution in [0.25, 0.3) is 5.57 Å². The molecule has 1 aliphatic heterocycles. The standard InChI is InChI=1S/C20H18F3NO/c21-20(22,23)19(25)17(15-8-2-1-3-9-15)14-24-13-7-6-11-16-10-4-5-12-18(16)24/h1-5,8-10,12,14H,6-7,11,13H2/b17-14-. The second kappa shape index (κ2) is 7.13. The Balaban J connectivity index is 2.09. The van der Waals surface area contributed by atoms with Crippen molar-refractivity contribution in [2.24, 2.45) is 0 Å². The lowest BCUT2D eigenvalue weighted by Gasteiger charge is -2.22. The van der Waals surface area contributed by atoms with Crippen LogP contribution in [0.15, 0.2) is 60.8 Å². The van der Waals surface area contributed by atoms with Crippen molar-refractivity contribution in [1.82, 2.24) is 0 Å². The van der Waals surface area contributed by atoms with Crippen LogP contribution in [-0.2, 0) is 11.2 Å². The summed E-state index contributed by atoms with van der Waals surface area (Å²) in [6.45, 7) is 0.582. The van der Waals surface area contributed by atoms with Crippen molar-refractivity contribution < 1.29 is 18.0 Å². The predicted octanol–water partition coefficient (Wildman–Crippen LogP) is 5.00. The quantitative estimate of drug-likeness (QED) is 0.730. The summed E-state index contributed by atoms with van der Waals surface area (Å²) in [5, 5.41) is 0. The predicted molar refractivity (Wildman–Crippen MR) is 92.2 cm³/mol. The van der Waals surface area contributed by atoms with Crippen LogP contribution in [0.5, 0.6) is 0 Å². The van der Waals surface area contributed by atoms with Gasteiger partial charge < -0.3 is 4.90 Å². The molecule has 5 heteroatoms. The van der Waals surface area contributed by atoms with Gasteiger partial charge >= 0.3 is 6.18 Å². The lowest BCUT2D eigenvalue weighted by molar-refractivity contribution is -0.164. The number of allylic oxidation sites excluding steroid dienone is 1. The fraction of sp³-hybridized carbons (Fsp3) is 0.250. The summed E-state index contributed by atoms with van der Waals surface area (Å²) in [7, 11) is 0. The summed E-state index contributed by atoms with van der Waals surface area (Å²) in [5.74, 6) is -1.82. The Kier molecular flexibility index (Phi) is 4.93. The number of Topliss-reactive ketones (excluding diaryl/α,β-unsaturated/α-hetero) is 1. The van der Waals surface area contributed by atoms with Gasteiger partial charge in [-0.2, -0.15) is 13.2 Å². The Bertz CT molecular complexity index is 781. The number of alkyl halides is 3. The van der Waals surface area contributed by atoms with Gasteiger partial charge in [0.2, 0.25) is 0 Å². The van der Waals surface area contributed by atoms with E-state index in [1.165, 1.54) is 18.3 Å². The molecule has 0 bridgehead atoms. The van der Waals surface area contributed by atoms with E-state index < -0.39 is 12.0 Å². The first-order valence-corrected chi connectivity index (χ1v) is 8.20. The van der Waals surface area contributed by atoms with Crippen molar-refractivity contribution in [1.29, 1.82) is 0 Å². The van der Waals surface area contributed by atoms with Crippen molar-refractivity contribution >= 4 is 17.0 Å². The third kappa shape index (κ3) is 3.92. The Morgan fingerprint density at radius 3 is 2.36 bits per heavy atom. The number of halogens is 3. The van der Waals surface area contributed by atoms with E-state index >= 15 is 0 Å². The molecule has 0 spiro atoms. The SMILES string of the molecule is O=C(/C(=C\N1CCCCc2ccccc21)c1ccccc1)C(F)(F)F. The second-order valence-electron chi connectivity index (χ2n) is 6.01. The smallest absolute Gasteiger partial charge is 0.347 e. The first-order chi connectivity index (χ1) is 12.0. The van der Waals surface area contributed by atoms with Crippen LogP contribution >= 0.6 is 0 Å². The highest BCUT2D eigenvalue weighted by molar-refractivity contribution is 6.23. The van der Waals surface area contributed by atoms with Crippen LogP contribution < -0.4 is 4.90 Å². The van der Waals surface area contributed by atoms with Crippen molar-refractivity contribution in [2.45, 2.75) is 25.4 Å². The van der Waals surface area contributed by atoms with E-state index in [0.29, 0.717) is 6.54 Å². The highest BCUT2D eigenvalue weighted by Crippen LogP contribution is 2.31. The number of aryl methyl sites for hydroxylation is 1. The van der Waals surface area contributed by atoms with Crippen LogP contribution in [-0.4, -0.2) is 18.5 Å². The van der Waals surface area contributed by atoms with E-state index in [2.05, 4.69) is 0 Å². The molecule has 0 radical (unpaired) electrons. The van der Waals surface area contributed by atoms with Gasteiger partial charge in [0.25, 0.3) is 5.78 Å². The molecule has 2 aromatic rings. The number of carbonyl (C=O) groups excluding carboxylic acids is 1. The number of benzene rings is 2. The zero-order valence-electron chi connectivity index (χ0n) is 13.6. The van der Waals surface area contributed by atoms with Crippen LogP contribution in [0, 0.1) is 0 Å². The molecule has 0 saturated heterocycles. The Morgan fingerprint density at radius 1 is 0.960 bits per heavy atom. The van der Waals surface area contributed by atoms with E-state index in [4.69, 9.17) is 0 Å². The molecule has 0 saturated carbocycles. The number of para-hydroxylation sites is 1. The van der Waals surface area contributed by atoms with E-state index in [0.717, 1.165) is 30.5 Å². The van der Waals surface area contributed by atoms with Gasteiger partial charge in [-0.15, -0.1) is 0 Å². The molecule has 2 aromatic carbocycles. The zero-order chi connectivity index (χ0) is 17.9. The average molecular weight is 345 g/mol. The molecule has 1 aliphatic rings. The lowest BCUT2D eigenvalue weighted by atomic mass is 10.0. The van der Waals surface area contributed by atoms with Gasteiger partial charge in [0.05, 0.1) is 5.57 Å². The Labute approximate surface area is 144 Å². The summed E-state index contributed by atoms with van der Waals surface area (Å²) in [4.78, 5) is 13.8. The minimum absolute atomic E-state index is 0.270. The van der Waals surface area contributed by atoms with Gasteiger partial charge in [0.1, 0.15) is 0 Å². The van der Waals surface area contributed by atoms with Gasteiger partial charge in [0, 0.05) is 18.4 Å². The molecule has 1 heterocycles. The Hall–Kier alpha value is -2.56. The number of hydrogen-bond acceptors (Lipinski definition) is 2. The summed E-state index contributed by atoms with van der Waals surface area (Å²) in [6, 6.07) is 15.7. The van der Waals surface area contributed by atoms with Crippen LogP contribution in [0.3, 0.4) is 0 Å². The molecule has 25 heavy (non-hydrogen) atoms. The highest BCUT2D eigenvalue weighted by atomic mass is 19.4. The zero-order valence-corrected chi connectivity index (χ0v) is 13.6. The van der Waals surface area contributed by atoms with Crippen LogP contribution in [0.1, 0.15) is 24.0 Å². The highest BCUT2D eigenvalue weighted by Gasteiger charge is 2.41. The number of hydrogen-bond donors (Lipinski definition) is 0. The minimum atomic E-state index is -4.91. The monoisotopic (exact) mass is 345 g/mol. The molecule has 0 aromatic heterocycles. The van der Waals surface area contributed by atoms with Gasteiger partial charge in [-0.1, -0.05) is 48.5 Å². The summed E-state index contributed by atoms with van der Waals surface area (Å²) in [6.07, 6.45) is -0.848. The van der Waals surface area contributed by atoms with E-state index in [1.807, 2.05) is 24.3 Å². The van der Waals surface area contributed by atoms with Gasteiger partial charge in [-0.3, -0.25) is 4.79 Å². The first-order valence-electron chi connectivity index (χ1n) is 8.20. The maximum absolute atomic E-state index is 13.1. The van der Waals surface area contributed by atoms with E-state index in [1.54, 1.807) is 23.1 Å². The number of nitrogens with zero attached hydrogens (tertiary/aromatic N) is 1. The van der Waals surface area contributed by atoms with Gasteiger partial charge in [0.15, 0.2) is 0 Å². The number of ketones is 1. The topological polar surface area (TPSA) is 20.3 Å². The molecule has 0 atom stereocenters. The van der Waals surface area contributed by atoms with Gasteiger partial charge in [-0.05, 0) is 36.5 Å². The molecular formula is C20H18F3NO. The third-order valence-electron chi connectivity index (χ3n) is 4.27. The second-order valence-corrected chi connectivity index (χ2v) is 6.01. The minimum Gasteiger partial charge on any atom is -0.347 e. The van der Waals surface area contributed by atoms with Crippen molar-refractivity contribution in [2.75, 3.05) is 11.4 Å². The molecule has 2 nitrogen and oxygen atoms in total. The molecule has 0 unspecified atom stereocenters. The van der Waals surface area contributed by atoms with E-state index in [-0.39, 0.29) is 11.1 Å². The molecule has 0 fully saturated rings. The van der Waals surface area contributed by atoms with Crippen molar-refractivity contribution in [3.63, 3.8) is 0 Å². The molecule has 0 aliphatic carbocycles. The summed E-state index contributed by atoms with van der Waals surface area (Å²) in [5.41, 5.74) is 1.89. The van der Waals surface area contributed by atoms with E-state index in [9.17, 15) is 18.0 Å². The van der Waals surface area contributed by atoms with Gasteiger partial charge in [-0.25, -0.2) is 0 Å². The maximum Gasteiger partial charge on any atom is 0.454 e. The number of rotatable bonds is 3. The van der Waals surface area contributed by atoms with Crippen molar-refractivity contribution in [3.8, 4) is 0 Å². The molecule has 130 valence electrons. The molecule has 0 amide bonds. The lowest BCUT2D eigenvalue weighted by Crippen LogP contribution is -2.26. The molecular weight excluding hydrogens is 327 g/mol. The summed E-state index contributed by atoms with van der Waals surface area (Å²) < 4.78 is 39.3. The maximum atomic E-state index is 13.1. The first kappa shape index (κ1) is 17.3. The van der Waals surface area contributed by atoms with Crippen LogP contribution in [0.2, 0.25) is 0 Å². The third-order valence-corrected chi connectivity index (χ3v) is 4.27. The molecule has 3 rings (SSSR count). The Morgan fingerprint density at radius 2 is 1.64 bits per heavy atom. The largest absolute Gasteiger partial charge is 0.454 e. The average Bonchev–Trinajstić information content (AvgIpc) is 2.81. The van der Waals surface area contributed by atoms with Crippen LogP contribution in [0.4, 0.5) is 18.9 Å². The number of anilines is 1. The number of fused-ring (bicyclic) bond motifs is 1. The molecule has 0 N–H and O–H groups in total. The number of carbonyl (C=O) groups is 1. The summed E-state index contributed by atoms with van der Waals surface area (Å²) >= 11 is 0. The fourth-order valence-corrected chi connectivity index (χ4v) is 3.05. The fourth-order valence-electron chi connectivity index (χ4n) is 3.05. The normalized spacial score (nSPS) is 15.5.